The molecule has 0 saturated heterocycles. The van der Waals surface area contributed by atoms with Crippen LogP contribution in [0.5, 0.6) is 0 Å². The summed E-state index contributed by atoms with van der Waals surface area (Å²) in [7, 11) is 2.17. The maximum Gasteiger partial charge on any atom is 0.0328 e. The third-order valence-corrected chi connectivity index (χ3v) is 3.71. The second-order valence-corrected chi connectivity index (χ2v) is 6.70. The van der Waals surface area contributed by atoms with Crippen LogP contribution in [0.15, 0.2) is 17.5 Å². The van der Waals surface area contributed by atoms with Crippen LogP contribution in [0.2, 0.25) is 0 Å². The first kappa shape index (κ1) is 13.7. The molecule has 1 aromatic heterocycles. The molecule has 2 nitrogen and oxygen atoms in total. The molecule has 1 aromatic rings. The first-order valence-electron chi connectivity index (χ1n) is 5.80. The van der Waals surface area contributed by atoms with Gasteiger partial charge in [-0.2, -0.15) is 0 Å². The van der Waals surface area contributed by atoms with Crippen molar-refractivity contribution in [2.24, 2.45) is 11.1 Å². The minimum atomic E-state index is 0.185. The van der Waals surface area contributed by atoms with E-state index < -0.39 is 0 Å². The van der Waals surface area contributed by atoms with E-state index in [9.17, 15) is 0 Å². The molecular weight excluding hydrogens is 216 g/mol. The summed E-state index contributed by atoms with van der Waals surface area (Å²) < 4.78 is 0. The minimum Gasteiger partial charge on any atom is -0.327 e. The molecule has 0 aromatic carbocycles. The molecule has 0 aliphatic carbocycles. The maximum absolute atomic E-state index is 6.11. The van der Waals surface area contributed by atoms with E-state index in [4.69, 9.17) is 5.73 Å². The van der Waals surface area contributed by atoms with Gasteiger partial charge in [-0.3, -0.25) is 4.90 Å². The van der Waals surface area contributed by atoms with Gasteiger partial charge >= 0.3 is 0 Å². The summed E-state index contributed by atoms with van der Waals surface area (Å²) in [5.41, 5.74) is 6.32. The molecular formula is C13H24N2S. The minimum absolute atomic E-state index is 0.185. The van der Waals surface area contributed by atoms with E-state index in [1.54, 1.807) is 0 Å². The molecule has 16 heavy (non-hydrogen) atoms. The lowest BCUT2D eigenvalue weighted by Gasteiger charge is -2.40. The van der Waals surface area contributed by atoms with Crippen LogP contribution in [0.25, 0.3) is 0 Å². The summed E-state index contributed by atoms with van der Waals surface area (Å²) >= 11 is 1.81. The molecule has 2 atom stereocenters. The Morgan fingerprint density at radius 3 is 2.44 bits per heavy atom. The highest BCUT2D eigenvalue weighted by Crippen LogP contribution is 2.27. The van der Waals surface area contributed by atoms with Gasteiger partial charge in [0.15, 0.2) is 0 Å². The third-order valence-electron chi connectivity index (χ3n) is 2.85. The maximum atomic E-state index is 6.11. The largest absolute Gasteiger partial charge is 0.327 e. The smallest absolute Gasteiger partial charge is 0.0328 e. The highest BCUT2D eigenvalue weighted by Gasteiger charge is 2.31. The molecule has 2 N–H and O–H groups in total. The molecule has 0 saturated carbocycles. The standard InChI is InChI=1S/C13H24N2S/c1-10(14)12(13(2,3)4)15(5)9-11-7-6-8-16-11/h6-8,10,12H,9,14H2,1-5H3. The molecule has 0 radical (unpaired) electrons. The predicted molar refractivity (Wildman–Crippen MR) is 72.7 cm³/mol. The van der Waals surface area contributed by atoms with Crippen molar-refractivity contribution in [2.45, 2.75) is 46.3 Å². The topological polar surface area (TPSA) is 29.3 Å². The second kappa shape index (κ2) is 5.30. The summed E-state index contributed by atoms with van der Waals surface area (Å²) in [6.45, 7) is 9.85. The van der Waals surface area contributed by atoms with Crippen LogP contribution in [0.1, 0.15) is 32.6 Å². The van der Waals surface area contributed by atoms with Crippen LogP contribution >= 0.6 is 11.3 Å². The fourth-order valence-corrected chi connectivity index (χ4v) is 3.37. The predicted octanol–water partition coefficient (Wildman–Crippen LogP) is 2.94. The van der Waals surface area contributed by atoms with Crippen LogP contribution in [-0.2, 0) is 6.54 Å². The molecule has 0 fully saturated rings. The fraction of sp³-hybridized carbons (Fsp3) is 0.692. The Bertz CT molecular complexity index is 298. The van der Waals surface area contributed by atoms with E-state index in [0.29, 0.717) is 6.04 Å². The zero-order valence-corrected chi connectivity index (χ0v) is 11.8. The highest BCUT2D eigenvalue weighted by molar-refractivity contribution is 7.09. The number of nitrogens with zero attached hydrogens (tertiary/aromatic N) is 1. The molecule has 92 valence electrons. The Labute approximate surface area is 103 Å². The third kappa shape index (κ3) is 3.58. The summed E-state index contributed by atoms with van der Waals surface area (Å²) in [5, 5.41) is 2.13. The Balaban J connectivity index is 2.72. The monoisotopic (exact) mass is 240 g/mol. The van der Waals surface area contributed by atoms with Crippen molar-refractivity contribution >= 4 is 11.3 Å². The van der Waals surface area contributed by atoms with Crippen LogP contribution in [-0.4, -0.2) is 24.0 Å². The van der Waals surface area contributed by atoms with Gasteiger partial charge in [0.25, 0.3) is 0 Å². The molecule has 3 heteroatoms. The lowest BCUT2D eigenvalue weighted by Crippen LogP contribution is -2.51. The Hall–Kier alpha value is -0.380. The van der Waals surface area contributed by atoms with Gasteiger partial charge in [-0.05, 0) is 30.8 Å². The normalized spacial score (nSPS) is 16.4. The first-order valence-corrected chi connectivity index (χ1v) is 6.68. The van der Waals surface area contributed by atoms with E-state index in [1.807, 2.05) is 11.3 Å². The molecule has 1 rings (SSSR count). The SMILES string of the molecule is CC(N)C(N(C)Cc1cccs1)C(C)(C)C. The molecule has 0 spiro atoms. The number of rotatable bonds is 4. The van der Waals surface area contributed by atoms with Crippen LogP contribution < -0.4 is 5.73 Å². The van der Waals surface area contributed by atoms with Crippen molar-refractivity contribution < 1.29 is 0 Å². The molecule has 0 amide bonds. The number of hydrogen-bond donors (Lipinski definition) is 1. The lowest BCUT2D eigenvalue weighted by molar-refractivity contribution is 0.101. The van der Waals surface area contributed by atoms with E-state index >= 15 is 0 Å². The van der Waals surface area contributed by atoms with Crippen LogP contribution in [0, 0.1) is 5.41 Å². The van der Waals surface area contributed by atoms with Crippen molar-refractivity contribution in [1.82, 2.24) is 4.90 Å². The first-order chi connectivity index (χ1) is 7.32. The van der Waals surface area contributed by atoms with Crippen molar-refractivity contribution in [3.05, 3.63) is 22.4 Å². The zero-order chi connectivity index (χ0) is 12.3. The van der Waals surface area contributed by atoms with Crippen molar-refractivity contribution in [2.75, 3.05) is 7.05 Å². The van der Waals surface area contributed by atoms with E-state index in [2.05, 4.69) is 57.2 Å². The Kier molecular flexibility index (Phi) is 4.53. The Morgan fingerprint density at radius 2 is 2.06 bits per heavy atom. The van der Waals surface area contributed by atoms with Gasteiger partial charge in [-0.1, -0.05) is 26.8 Å². The van der Waals surface area contributed by atoms with Gasteiger partial charge in [0.2, 0.25) is 0 Å². The van der Waals surface area contributed by atoms with Gasteiger partial charge in [-0.15, -0.1) is 11.3 Å². The highest BCUT2D eigenvalue weighted by atomic mass is 32.1. The number of hydrogen-bond acceptors (Lipinski definition) is 3. The average Bonchev–Trinajstić information content (AvgIpc) is 2.52. The molecule has 0 aliphatic rings. The van der Waals surface area contributed by atoms with Crippen molar-refractivity contribution in [3.63, 3.8) is 0 Å². The van der Waals surface area contributed by atoms with Gasteiger partial charge in [0.1, 0.15) is 0 Å². The van der Waals surface area contributed by atoms with Gasteiger partial charge in [-0.25, -0.2) is 0 Å². The molecule has 0 bridgehead atoms. The van der Waals surface area contributed by atoms with Crippen molar-refractivity contribution in [3.8, 4) is 0 Å². The fourth-order valence-electron chi connectivity index (χ4n) is 2.60. The molecule has 1 heterocycles. The van der Waals surface area contributed by atoms with Gasteiger partial charge in [0.05, 0.1) is 0 Å². The van der Waals surface area contributed by atoms with E-state index in [0.717, 1.165) is 6.54 Å². The summed E-state index contributed by atoms with van der Waals surface area (Å²) in [4.78, 5) is 3.77. The summed E-state index contributed by atoms with van der Waals surface area (Å²) in [6, 6.07) is 4.87. The summed E-state index contributed by atoms with van der Waals surface area (Å²) in [6.07, 6.45) is 0. The van der Waals surface area contributed by atoms with Gasteiger partial charge < -0.3 is 5.73 Å². The van der Waals surface area contributed by atoms with Gasteiger partial charge in [0, 0.05) is 23.5 Å². The zero-order valence-electron chi connectivity index (χ0n) is 11.0. The van der Waals surface area contributed by atoms with Crippen molar-refractivity contribution in [1.29, 1.82) is 0 Å². The Morgan fingerprint density at radius 1 is 1.44 bits per heavy atom. The second-order valence-electron chi connectivity index (χ2n) is 5.66. The van der Waals surface area contributed by atoms with Crippen LogP contribution in [0.3, 0.4) is 0 Å². The lowest BCUT2D eigenvalue weighted by atomic mass is 9.82. The number of nitrogens with two attached hydrogens (primary N) is 1. The summed E-state index contributed by atoms with van der Waals surface area (Å²) in [5.74, 6) is 0. The van der Waals surface area contributed by atoms with E-state index in [1.165, 1.54) is 4.88 Å². The van der Waals surface area contributed by atoms with Crippen LogP contribution in [0.4, 0.5) is 0 Å². The number of likely N-dealkylation sites (N-methyl/N-ethyl adjacent to an activating group) is 1. The van der Waals surface area contributed by atoms with E-state index in [-0.39, 0.29) is 11.5 Å². The molecule has 2 unspecified atom stereocenters. The average molecular weight is 240 g/mol. The quantitative estimate of drug-likeness (QED) is 0.877. The number of thiophene rings is 1. The molecule has 0 aliphatic heterocycles.